The van der Waals surface area contributed by atoms with Crippen LogP contribution in [0.25, 0.3) is 0 Å². The second-order valence-corrected chi connectivity index (χ2v) is 7.86. The Hall–Kier alpha value is -0.940. The zero-order valence-corrected chi connectivity index (χ0v) is 20.2. The second-order valence-electron chi connectivity index (χ2n) is 7.86. The van der Waals surface area contributed by atoms with Crippen LogP contribution in [0.15, 0.2) is 4.99 Å². The summed E-state index contributed by atoms with van der Waals surface area (Å²) >= 11 is 0. The van der Waals surface area contributed by atoms with Crippen molar-refractivity contribution < 1.29 is 9.47 Å². The third-order valence-corrected chi connectivity index (χ3v) is 5.59. The summed E-state index contributed by atoms with van der Waals surface area (Å²) in [7, 11) is 1.98. The van der Waals surface area contributed by atoms with Crippen LogP contribution in [0.3, 0.4) is 0 Å². The lowest BCUT2D eigenvalue weighted by Crippen LogP contribution is -2.44. The Labute approximate surface area is 191 Å². The Bertz CT molecular complexity index is 612. The molecular weight excluding hydrogens is 483 g/mol. The number of nitrogens with zero attached hydrogens (tertiary/aromatic N) is 4. The molecule has 0 spiro atoms. The van der Waals surface area contributed by atoms with Crippen molar-refractivity contribution in [1.82, 2.24) is 25.4 Å². The van der Waals surface area contributed by atoms with Crippen LogP contribution in [0.5, 0.6) is 0 Å². The number of halogens is 1. The first-order valence-electron chi connectivity index (χ1n) is 10.8. The van der Waals surface area contributed by atoms with Crippen molar-refractivity contribution in [1.29, 1.82) is 0 Å². The SMILES string of the molecule is Cc1nnc(CN=C(NCCCOCC2CCCO2)NC2CCCCC2)n1C.I. The van der Waals surface area contributed by atoms with Gasteiger partial charge in [-0.1, -0.05) is 19.3 Å². The summed E-state index contributed by atoms with van der Waals surface area (Å²) in [5.74, 6) is 2.65. The van der Waals surface area contributed by atoms with Gasteiger partial charge < -0.3 is 24.7 Å². The number of ether oxygens (including phenoxy) is 2. The number of hydrogen-bond acceptors (Lipinski definition) is 5. The van der Waals surface area contributed by atoms with Crippen LogP contribution in [-0.2, 0) is 23.1 Å². The molecule has 1 unspecified atom stereocenters. The quantitative estimate of drug-likeness (QED) is 0.226. The topological polar surface area (TPSA) is 85.6 Å². The van der Waals surface area contributed by atoms with Crippen LogP contribution in [0, 0.1) is 6.92 Å². The molecular formula is C20H37IN6O2. The molecule has 166 valence electrons. The van der Waals surface area contributed by atoms with Gasteiger partial charge in [0, 0.05) is 32.8 Å². The van der Waals surface area contributed by atoms with Gasteiger partial charge in [-0.15, -0.1) is 34.2 Å². The van der Waals surface area contributed by atoms with Crippen molar-refractivity contribution in [3.8, 4) is 0 Å². The Morgan fingerprint density at radius 2 is 2.03 bits per heavy atom. The van der Waals surface area contributed by atoms with Gasteiger partial charge in [0.05, 0.1) is 12.7 Å². The molecule has 2 aliphatic rings. The summed E-state index contributed by atoms with van der Waals surface area (Å²) < 4.78 is 13.3. The minimum atomic E-state index is 0. The number of aryl methyl sites for hydroxylation is 1. The molecule has 2 fully saturated rings. The lowest BCUT2D eigenvalue weighted by Gasteiger charge is -2.25. The summed E-state index contributed by atoms with van der Waals surface area (Å²) in [5, 5.41) is 15.4. The average Bonchev–Trinajstić information content (AvgIpc) is 3.34. The van der Waals surface area contributed by atoms with E-state index in [9.17, 15) is 0 Å². The maximum atomic E-state index is 5.75. The molecule has 0 bridgehead atoms. The molecule has 1 aliphatic heterocycles. The Kier molecular flexibility index (Phi) is 11.2. The van der Waals surface area contributed by atoms with Crippen molar-refractivity contribution >= 4 is 29.9 Å². The van der Waals surface area contributed by atoms with Gasteiger partial charge >= 0.3 is 0 Å². The van der Waals surface area contributed by atoms with E-state index in [-0.39, 0.29) is 24.0 Å². The van der Waals surface area contributed by atoms with E-state index in [1.807, 2.05) is 18.5 Å². The third kappa shape index (κ3) is 8.37. The molecule has 0 aromatic carbocycles. The summed E-state index contributed by atoms with van der Waals surface area (Å²) in [6.45, 7) is 5.65. The van der Waals surface area contributed by atoms with Gasteiger partial charge in [-0.05, 0) is 39.0 Å². The number of hydrogen-bond donors (Lipinski definition) is 2. The van der Waals surface area contributed by atoms with E-state index in [1.54, 1.807) is 0 Å². The monoisotopic (exact) mass is 520 g/mol. The molecule has 1 saturated carbocycles. The molecule has 1 aromatic rings. The van der Waals surface area contributed by atoms with E-state index in [0.717, 1.165) is 56.6 Å². The first-order chi connectivity index (χ1) is 13.7. The van der Waals surface area contributed by atoms with Crippen LogP contribution >= 0.6 is 24.0 Å². The number of aliphatic imine (C=N–C) groups is 1. The molecule has 1 atom stereocenters. The molecule has 0 radical (unpaired) electrons. The fourth-order valence-electron chi connectivity index (χ4n) is 3.70. The van der Waals surface area contributed by atoms with E-state index < -0.39 is 0 Å². The van der Waals surface area contributed by atoms with Crippen molar-refractivity contribution in [2.45, 2.75) is 77.0 Å². The molecule has 0 amide bonds. The second kappa shape index (κ2) is 13.4. The molecule has 29 heavy (non-hydrogen) atoms. The van der Waals surface area contributed by atoms with Crippen molar-refractivity contribution in [3.63, 3.8) is 0 Å². The molecule has 2 N–H and O–H groups in total. The van der Waals surface area contributed by atoms with E-state index in [4.69, 9.17) is 14.5 Å². The van der Waals surface area contributed by atoms with Gasteiger partial charge in [0.15, 0.2) is 11.8 Å². The van der Waals surface area contributed by atoms with Crippen LogP contribution < -0.4 is 10.6 Å². The Morgan fingerprint density at radius 3 is 2.72 bits per heavy atom. The predicted molar refractivity (Wildman–Crippen MR) is 125 cm³/mol. The minimum absolute atomic E-state index is 0. The first-order valence-corrected chi connectivity index (χ1v) is 10.8. The van der Waals surface area contributed by atoms with Gasteiger partial charge in [0.2, 0.25) is 0 Å². The fourth-order valence-corrected chi connectivity index (χ4v) is 3.70. The lowest BCUT2D eigenvalue weighted by atomic mass is 9.96. The van der Waals surface area contributed by atoms with E-state index in [0.29, 0.717) is 25.3 Å². The summed E-state index contributed by atoms with van der Waals surface area (Å²) in [6.07, 6.45) is 9.90. The molecule has 9 heteroatoms. The van der Waals surface area contributed by atoms with E-state index >= 15 is 0 Å². The predicted octanol–water partition coefficient (Wildman–Crippen LogP) is 2.70. The van der Waals surface area contributed by atoms with Crippen molar-refractivity contribution in [2.24, 2.45) is 12.0 Å². The summed E-state index contributed by atoms with van der Waals surface area (Å²) in [4.78, 5) is 4.75. The molecule has 1 aliphatic carbocycles. The summed E-state index contributed by atoms with van der Waals surface area (Å²) in [6, 6.07) is 0.511. The smallest absolute Gasteiger partial charge is 0.191 e. The molecule has 1 saturated heterocycles. The normalized spacial score (nSPS) is 20.5. The van der Waals surface area contributed by atoms with Gasteiger partial charge in [0.1, 0.15) is 12.4 Å². The minimum Gasteiger partial charge on any atom is -0.379 e. The van der Waals surface area contributed by atoms with Crippen LogP contribution in [0.4, 0.5) is 0 Å². The van der Waals surface area contributed by atoms with Crippen molar-refractivity contribution in [2.75, 3.05) is 26.4 Å². The lowest BCUT2D eigenvalue weighted by molar-refractivity contribution is 0.0168. The highest BCUT2D eigenvalue weighted by Gasteiger charge is 2.16. The number of nitrogens with one attached hydrogen (secondary N) is 2. The first kappa shape index (κ1) is 24.3. The zero-order chi connectivity index (χ0) is 19.6. The summed E-state index contributed by atoms with van der Waals surface area (Å²) in [5.41, 5.74) is 0. The highest BCUT2D eigenvalue weighted by Crippen LogP contribution is 2.17. The number of aromatic nitrogens is 3. The molecule has 2 heterocycles. The molecule has 1 aromatic heterocycles. The van der Waals surface area contributed by atoms with E-state index in [1.165, 1.54) is 32.1 Å². The fraction of sp³-hybridized carbons (Fsp3) is 0.850. The standard InChI is InChI=1S/C20H36N6O2.HI/c1-16-24-25-19(26(16)2)14-22-20(23-17-8-4-3-5-9-17)21-11-7-12-27-15-18-10-6-13-28-18;/h17-18H,3-15H2,1-2H3,(H2,21,22,23);1H. The molecule has 3 rings (SSSR count). The maximum Gasteiger partial charge on any atom is 0.191 e. The Balaban J connectivity index is 0.00000300. The third-order valence-electron chi connectivity index (χ3n) is 5.59. The molecule has 8 nitrogen and oxygen atoms in total. The van der Waals surface area contributed by atoms with Gasteiger partial charge in [-0.2, -0.15) is 0 Å². The van der Waals surface area contributed by atoms with Crippen LogP contribution in [0.1, 0.15) is 63.0 Å². The average molecular weight is 520 g/mol. The highest BCUT2D eigenvalue weighted by molar-refractivity contribution is 14.0. The maximum absolute atomic E-state index is 5.75. The van der Waals surface area contributed by atoms with E-state index in [2.05, 4.69) is 20.8 Å². The highest BCUT2D eigenvalue weighted by atomic mass is 127. The Morgan fingerprint density at radius 1 is 1.21 bits per heavy atom. The van der Waals surface area contributed by atoms with Crippen LogP contribution in [-0.4, -0.2) is 59.2 Å². The number of guanidine groups is 1. The van der Waals surface area contributed by atoms with Crippen LogP contribution in [0.2, 0.25) is 0 Å². The van der Waals surface area contributed by atoms with Gasteiger partial charge in [0.25, 0.3) is 0 Å². The number of rotatable bonds is 9. The van der Waals surface area contributed by atoms with Gasteiger partial charge in [-0.3, -0.25) is 0 Å². The van der Waals surface area contributed by atoms with Crippen molar-refractivity contribution in [3.05, 3.63) is 11.6 Å². The van der Waals surface area contributed by atoms with Gasteiger partial charge in [-0.25, -0.2) is 4.99 Å². The largest absolute Gasteiger partial charge is 0.379 e. The zero-order valence-electron chi connectivity index (χ0n) is 17.9.